The Morgan fingerprint density at radius 3 is 2.89 bits per heavy atom. The van der Waals surface area contributed by atoms with Crippen LogP contribution < -0.4 is 0 Å². The number of nitrogens with zero attached hydrogens (tertiary/aromatic N) is 2. The molecule has 2 rings (SSSR count). The summed E-state index contributed by atoms with van der Waals surface area (Å²) >= 11 is 13.6. The van der Waals surface area contributed by atoms with E-state index < -0.39 is 0 Å². The Balaban J connectivity index is 2.20. The van der Waals surface area contributed by atoms with Crippen molar-refractivity contribution in [2.75, 3.05) is 18.8 Å². The van der Waals surface area contributed by atoms with Crippen molar-refractivity contribution in [3.63, 3.8) is 0 Å². The molecule has 0 saturated carbocycles. The molecule has 1 aliphatic heterocycles. The molecular weight excluding hydrogens is 287 g/mol. The lowest BCUT2D eigenvalue weighted by molar-refractivity contribution is 0.501. The summed E-state index contributed by atoms with van der Waals surface area (Å²) in [6.07, 6.45) is 0. The van der Waals surface area contributed by atoms with Gasteiger partial charge in [0.1, 0.15) is 0 Å². The van der Waals surface area contributed by atoms with Crippen molar-refractivity contribution in [2.45, 2.75) is 6.92 Å². The zero-order valence-electron chi connectivity index (χ0n) is 10.1. The van der Waals surface area contributed by atoms with E-state index in [9.17, 15) is 0 Å². The van der Waals surface area contributed by atoms with Crippen molar-refractivity contribution in [1.29, 1.82) is 0 Å². The molecule has 0 amide bonds. The van der Waals surface area contributed by atoms with Crippen LogP contribution in [0.4, 0.5) is 5.69 Å². The highest BCUT2D eigenvalue weighted by atomic mass is 35.5. The fraction of sp³-hybridized carbons (Fsp3) is 0.308. The van der Waals surface area contributed by atoms with Crippen LogP contribution in [0.15, 0.2) is 35.3 Å². The van der Waals surface area contributed by atoms with Gasteiger partial charge < -0.3 is 4.90 Å². The Labute approximate surface area is 122 Å². The second kappa shape index (κ2) is 6.00. The van der Waals surface area contributed by atoms with Gasteiger partial charge in [-0.15, -0.1) is 0 Å². The number of rotatable bonds is 3. The third-order valence-corrected chi connectivity index (χ3v) is 4.19. The summed E-state index contributed by atoms with van der Waals surface area (Å²) in [5.74, 6) is 1.06. The van der Waals surface area contributed by atoms with Crippen molar-refractivity contribution < 1.29 is 0 Å². The van der Waals surface area contributed by atoms with Crippen LogP contribution in [0, 0.1) is 0 Å². The van der Waals surface area contributed by atoms with Crippen LogP contribution in [-0.4, -0.2) is 28.9 Å². The lowest BCUT2D eigenvalue weighted by atomic mass is 10.3. The Hall–Kier alpha value is -0.640. The number of amidine groups is 1. The van der Waals surface area contributed by atoms with Gasteiger partial charge in [0, 0.05) is 18.8 Å². The molecule has 2 nitrogen and oxygen atoms in total. The number of hydrogen-bond donors (Lipinski definition) is 0. The van der Waals surface area contributed by atoms with Crippen molar-refractivity contribution in [2.24, 2.45) is 4.99 Å². The van der Waals surface area contributed by atoms with Crippen molar-refractivity contribution in [3.05, 3.63) is 40.4 Å². The summed E-state index contributed by atoms with van der Waals surface area (Å²) in [5, 5.41) is 2.11. The maximum Gasteiger partial charge on any atom is 0.164 e. The SMILES string of the molecule is C=C(C)CN1CCSC1=Nc1ccc(Cl)c(Cl)c1. The highest BCUT2D eigenvalue weighted by Gasteiger charge is 2.19. The summed E-state index contributed by atoms with van der Waals surface area (Å²) in [7, 11) is 0. The monoisotopic (exact) mass is 300 g/mol. The Kier molecular flexibility index (Phi) is 4.60. The van der Waals surface area contributed by atoms with Crippen LogP contribution >= 0.6 is 35.0 Å². The van der Waals surface area contributed by atoms with Gasteiger partial charge in [-0.25, -0.2) is 4.99 Å². The fourth-order valence-electron chi connectivity index (χ4n) is 1.67. The topological polar surface area (TPSA) is 15.6 Å². The molecule has 96 valence electrons. The predicted molar refractivity (Wildman–Crippen MR) is 82.4 cm³/mol. The minimum absolute atomic E-state index is 0.535. The van der Waals surface area contributed by atoms with Gasteiger partial charge in [0.15, 0.2) is 5.17 Å². The molecular formula is C13H14Cl2N2S. The molecule has 5 heteroatoms. The fourth-order valence-corrected chi connectivity index (χ4v) is 2.97. The van der Waals surface area contributed by atoms with E-state index in [2.05, 4.69) is 16.5 Å². The van der Waals surface area contributed by atoms with Gasteiger partial charge in [-0.2, -0.15) is 0 Å². The molecule has 1 heterocycles. The first kappa shape index (κ1) is 13.8. The Morgan fingerprint density at radius 1 is 1.44 bits per heavy atom. The summed E-state index contributed by atoms with van der Waals surface area (Å²) in [6, 6.07) is 5.43. The molecule has 0 spiro atoms. The van der Waals surface area contributed by atoms with Crippen molar-refractivity contribution in [1.82, 2.24) is 4.90 Å². The molecule has 1 aromatic carbocycles. The van der Waals surface area contributed by atoms with Gasteiger partial charge in [-0.05, 0) is 25.1 Å². The van der Waals surface area contributed by atoms with E-state index in [4.69, 9.17) is 23.2 Å². The minimum Gasteiger partial charge on any atom is -0.346 e. The average Bonchev–Trinajstić information content (AvgIpc) is 2.70. The third-order valence-electron chi connectivity index (χ3n) is 2.45. The maximum absolute atomic E-state index is 5.98. The van der Waals surface area contributed by atoms with E-state index in [1.165, 1.54) is 0 Å². The van der Waals surface area contributed by atoms with Crippen molar-refractivity contribution in [3.8, 4) is 0 Å². The molecule has 0 atom stereocenters. The number of aliphatic imine (C=N–C) groups is 1. The molecule has 0 aromatic heterocycles. The van der Waals surface area contributed by atoms with Gasteiger partial charge in [-0.3, -0.25) is 0 Å². The highest BCUT2D eigenvalue weighted by molar-refractivity contribution is 8.14. The molecule has 0 radical (unpaired) electrons. The van der Waals surface area contributed by atoms with E-state index >= 15 is 0 Å². The first-order valence-corrected chi connectivity index (χ1v) is 7.36. The van der Waals surface area contributed by atoms with E-state index in [1.807, 2.05) is 13.0 Å². The molecule has 1 aromatic rings. The van der Waals surface area contributed by atoms with Crippen LogP contribution in [0.25, 0.3) is 0 Å². The summed E-state index contributed by atoms with van der Waals surface area (Å²) in [6.45, 7) is 7.83. The molecule has 1 fully saturated rings. The lowest BCUT2D eigenvalue weighted by Gasteiger charge is -2.17. The van der Waals surface area contributed by atoms with Gasteiger partial charge in [0.2, 0.25) is 0 Å². The molecule has 0 bridgehead atoms. The zero-order chi connectivity index (χ0) is 13.1. The average molecular weight is 301 g/mol. The number of benzene rings is 1. The summed E-state index contributed by atoms with van der Waals surface area (Å²) in [5.41, 5.74) is 1.97. The second-order valence-corrected chi connectivity index (χ2v) is 6.10. The minimum atomic E-state index is 0.535. The smallest absolute Gasteiger partial charge is 0.164 e. The van der Waals surface area contributed by atoms with E-state index in [1.54, 1.807) is 23.9 Å². The van der Waals surface area contributed by atoms with Crippen molar-refractivity contribution >= 4 is 45.8 Å². The summed E-state index contributed by atoms with van der Waals surface area (Å²) < 4.78 is 0. The second-order valence-electron chi connectivity index (χ2n) is 4.22. The quantitative estimate of drug-likeness (QED) is 0.758. The molecule has 0 N–H and O–H groups in total. The summed E-state index contributed by atoms with van der Waals surface area (Å²) in [4.78, 5) is 6.85. The first-order valence-electron chi connectivity index (χ1n) is 5.62. The molecule has 0 unspecified atom stereocenters. The Morgan fingerprint density at radius 2 is 2.22 bits per heavy atom. The molecule has 18 heavy (non-hydrogen) atoms. The van der Waals surface area contributed by atoms with Gasteiger partial charge in [0.25, 0.3) is 0 Å². The zero-order valence-corrected chi connectivity index (χ0v) is 12.4. The van der Waals surface area contributed by atoms with E-state index in [-0.39, 0.29) is 0 Å². The third kappa shape index (κ3) is 3.44. The Bertz CT molecular complexity index is 500. The molecule has 1 saturated heterocycles. The van der Waals surface area contributed by atoms with Crippen LogP contribution in [0.2, 0.25) is 10.0 Å². The normalized spacial score (nSPS) is 17.5. The number of thioether (sulfide) groups is 1. The maximum atomic E-state index is 5.98. The van der Waals surface area contributed by atoms with Crippen LogP contribution in [0.1, 0.15) is 6.92 Å². The van der Waals surface area contributed by atoms with Crippen LogP contribution in [0.5, 0.6) is 0 Å². The van der Waals surface area contributed by atoms with E-state index in [0.29, 0.717) is 10.0 Å². The van der Waals surface area contributed by atoms with Gasteiger partial charge >= 0.3 is 0 Å². The number of halogens is 2. The lowest BCUT2D eigenvalue weighted by Crippen LogP contribution is -2.25. The van der Waals surface area contributed by atoms with Crippen LogP contribution in [0.3, 0.4) is 0 Å². The molecule has 1 aliphatic rings. The van der Waals surface area contributed by atoms with E-state index in [0.717, 1.165) is 35.3 Å². The standard InChI is InChI=1S/C13H14Cl2N2S/c1-9(2)8-17-5-6-18-13(17)16-10-3-4-11(14)12(15)7-10/h3-4,7H,1,5-6,8H2,2H3. The molecule has 0 aliphatic carbocycles. The predicted octanol–water partition coefficient (Wildman–Crippen LogP) is 4.61. The van der Waals surface area contributed by atoms with Crippen LogP contribution in [-0.2, 0) is 0 Å². The largest absolute Gasteiger partial charge is 0.346 e. The first-order chi connectivity index (χ1) is 8.56. The number of hydrogen-bond acceptors (Lipinski definition) is 2. The van der Waals surface area contributed by atoms with Gasteiger partial charge in [0.05, 0.1) is 15.7 Å². The van der Waals surface area contributed by atoms with Gasteiger partial charge in [-0.1, -0.05) is 47.1 Å². The highest BCUT2D eigenvalue weighted by Crippen LogP contribution is 2.29.